The van der Waals surface area contributed by atoms with Gasteiger partial charge in [0.05, 0.1) is 5.69 Å². The predicted molar refractivity (Wildman–Crippen MR) is 82.0 cm³/mol. The Morgan fingerprint density at radius 3 is 2.33 bits per heavy atom. The van der Waals surface area contributed by atoms with Crippen molar-refractivity contribution in [1.82, 2.24) is 4.72 Å². The van der Waals surface area contributed by atoms with E-state index in [1.54, 1.807) is 30.0 Å². The zero-order chi connectivity index (χ0) is 16.3. The van der Waals surface area contributed by atoms with Gasteiger partial charge in [0.15, 0.2) is 0 Å². The minimum atomic E-state index is -3.67. The Balaban J connectivity index is 3.43. The Kier molecular flexibility index (Phi) is 5.36. The molecule has 21 heavy (non-hydrogen) atoms. The standard InChI is InChI=1S/C14H22N2O4S/c1-5-15-21(19,20)12-9-7-6-8-11(12)16(10-13(17)18)14(2,3)4/h6-9,15H,5,10H2,1-4H3,(H,17,18). The molecule has 6 nitrogen and oxygen atoms in total. The van der Waals surface area contributed by atoms with Crippen LogP contribution in [-0.4, -0.2) is 38.1 Å². The molecule has 0 bridgehead atoms. The molecule has 1 aromatic carbocycles. The maximum Gasteiger partial charge on any atom is 0.323 e. The Morgan fingerprint density at radius 2 is 1.86 bits per heavy atom. The van der Waals surface area contributed by atoms with Gasteiger partial charge in [-0.1, -0.05) is 19.1 Å². The molecule has 2 N–H and O–H groups in total. The summed E-state index contributed by atoms with van der Waals surface area (Å²) in [7, 11) is -3.67. The van der Waals surface area contributed by atoms with Crippen LogP contribution in [0, 0.1) is 0 Å². The van der Waals surface area contributed by atoms with E-state index in [9.17, 15) is 13.2 Å². The number of rotatable bonds is 6. The summed E-state index contributed by atoms with van der Waals surface area (Å²) < 4.78 is 27.0. The molecule has 0 aliphatic heterocycles. The molecule has 0 aliphatic rings. The van der Waals surface area contributed by atoms with Crippen LogP contribution in [0.5, 0.6) is 0 Å². The van der Waals surface area contributed by atoms with Crippen molar-refractivity contribution < 1.29 is 18.3 Å². The summed E-state index contributed by atoms with van der Waals surface area (Å²) in [4.78, 5) is 12.8. The third-order valence-corrected chi connectivity index (χ3v) is 4.48. The normalized spacial score (nSPS) is 12.2. The number of carboxylic acids is 1. The van der Waals surface area contributed by atoms with Crippen LogP contribution in [0.25, 0.3) is 0 Å². The van der Waals surface area contributed by atoms with E-state index in [1.165, 1.54) is 6.07 Å². The average molecular weight is 314 g/mol. The van der Waals surface area contributed by atoms with Gasteiger partial charge in [0, 0.05) is 12.1 Å². The van der Waals surface area contributed by atoms with Gasteiger partial charge in [-0.2, -0.15) is 0 Å². The van der Waals surface area contributed by atoms with Crippen LogP contribution in [0.4, 0.5) is 5.69 Å². The molecule has 0 heterocycles. The lowest BCUT2D eigenvalue weighted by atomic mass is 10.0. The van der Waals surface area contributed by atoms with E-state index in [1.807, 2.05) is 20.8 Å². The summed E-state index contributed by atoms with van der Waals surface area (Å²) in [5, 5.41) is 9.10. The van der Waals surface area contributed by atoms with E-state index in [0.717, 1.165) is 0 Å². The first-order chi connectivity index (χ1) is 9.59. The van der Waals surface area contributed by atoms with Crippen molar-refractivity contribution in [3.8, 4) is 0 Å². The summed E-state index contributed by atoms with van der Waals surface area (Å²) in [5.74, 6) is -1.01. The molecule has 1 rings (SSSR count). The predicted octanol–water partition coefficient (Wildman–Crippen LogP) is 1.67. The van der Waals surface area contributed by atoms with Crippen molar-refractivity contribution in [3.63, 3.8) is 0 Å². The van der Waals surface area contributed by atoms with Gasteiger partial charge >= 0.3 is 5.97 Å². The van der Waals surface area contributed by atoms with Crippen molar-refractivity contribution in [3.05, 3.63) is 24.3 Å². The molecule has 0 aliphatic carbocycles. The first-order valence-corrected chi connectivity index (χ1v) is 8.16. The Labute approximate surface area is 125 Å². The number of benzene rings is 1. The molecule has 1 aromatic rings. The second-order valence-corrected chi connectivity index (χ2v) is 7.36. The van der Waals surface area contributed by atoms with Gasteiger partial charge in [0.1, 0.15) is 11.4 Å². The fraction of sp³-hybridized carbons (Fsp3) is 0.500. The van der Waals surface area contributed by atoms with Crippen LogP contribution in [0.15, 0.2) is 29.2 Å². The molecule has 0 saturated carbocycles. The summed E-state index contributed by atoms with van der Waals surface area (Å²) in [6.45, 7) is 7.21. The van der Waals surface area contributed by atoms with E-state index < -0.39 is 21.5 Å². The molecule has 118 valence electrons. The molecule has 0 spiro atoms. The number of hydrogen-bond donors (Lipinski definition) is 2. The van der Waals surface area contributed by atoms with Crippen molar-refractivity contribution in [1.29, 1.82) is 0 Å². The Bertz CT molecular complexity index is 606. The van der Waals surface area contributed by atoms with Gasteiger partial charge in [-0.3, -0.25) is 4.79 Å². The van der Waals surface area contributed by atoms with Gasteiger partial charge in [0.2, 0.25) is 10.0 Å². The zero-order valence-corrected chi connectivity index (χ0v) is 13.6. The molecule has 0 fully saturated rings. The molecule has 0 atom stereocenters. The summed E-state index contributed by atoms with van der Waals surface area (Å²) in [6.07, 6.45) is 0. The van der Waals surface area contributed by atoms with Gasteiger partial charge in [0.25, 0.3) is 0 Å². The number of hydrogen-bond acceptors (Lipinski definition) is 4. The Hall–Kier alpha value is -1.60. The lowest BCUT2D eigenvalue weighted by Gasteiger charge is -2.37. The van der Waals surface area contributed by atoms with Gasteiger partial charge < -0.3 is 10.0 Å². The largest absolute Gasteiger partial charge is 0.480 e. The lowest BCUT2D eigenvalue weighted by Crippen LogP contribution is -2.45. The summed E-state index contributed by atoms with van der Waals surface area (Å²) in [6, 6.07) is 6.42. The van der Waals surface area contributed by atoms with Crippen molar-refractivity contribution in [2.24, 2.45) is 0 Å². The minimum absolute atomic E-state index is 0.0861. The first-order valence-electron chi connectivity index (χ1n) is 6.67. The summed E-state index contributed by atoms with van der Waals surface area (Å²) >= 11 is 0. The van der Waals surface area contributed by atoms with Crippen LogP contribution in [0.1, 0.15) is 27.7 Å². The van der Waals surface area contributed by atoms with E-state index >= 15 is 0 Å². The number of para-hydroxylation sites is 1. The van der Waals surface area contributed by atoms with Crippen molar-refractivity contribution in [2.45, 2.75) is 38.1 Å². The number of sulfonamides is 1. The lowest BCUT2D eigenvalue weighted by molar-refractivity contribution is -0.135. The zero-order valence-electron chi connectivity index (χ0n) is 12.8. The smallest absolute Gasteiger partial charge is 0.323 e. The highest BCUT2D eigenvalue weighted by Gasteiger charge is 2.29. The van der Waals surface area contributed by atoms with Crippen LogP contribution in [0.2, 0.25) is 0 Å². The molecule has 0 amide bonds. The van der Waals surface area contributed by atoms with Crippen molar-refractivity contribution >= 4 is 21.7 Å². The number of nitrogens with zero attached hydrogens (tertiary/aromatic N) is 1. The van der Waals surface area contributed by atoms with E-state index in [0.29, 0.717) is 5.69 Å². The second kappa shape index (κ2) is 6.44. The summed E-state index contributed by atoms with van der Waals surface area (Å²) in [5.41, 5.74) is -0.149. The van der Waals surface area contributed by atoms with E-state index in [4.69, 9.17) is 5.11 Å². The number of nitrogens with one attached hydrogen (secondary N) is 1. The monoisotopic (exact) mass is 314 g/mol. The average Bonchev–Trinajstić information content (AvgIpc) is 2.34. The molecule has 0 aromatic heterocycles. The van der Waals surface area contributed by atoms with Crippen LogP contribution < -0.4 is 9.62 Å². The third-order valence-electron chi connectivity index (χ3n) is 2.88. The van der Waals surface area contributed by atoms with E-state index in [2.05, 4.69) is 4.72 Å². The topological polar surface area (TPSA) is 86.7 Å². The maximum atomic E-state index is 12.3. The Morgan fingerprint density at radius 1 is 1.29 bits per heavy atom. The SMILES string of the molecule is CCNS(=O)(=O)c1ccccc1N(CC(=O)O)C(C)(C)C. The highest BCUT2D eigenvalue weighted by Crippen LogP contribution is 2.30. The molecule has 0 radical (unpaired) electrons. The second-order valence-electron chi connectivity index (χ2n) is 5.62. The highest BCUT2D eigenvalue weighted by atomic mass is 32.2. The fourth-order valence-electron chi connectivity index (χ4n) is 1.99. The number of carbonyl (C=O) groups is 1. The van der Waals surface area contributed by atoms with Crippen molar-refractivity contribution in [2.75, 3.05) is 18.0 Å². The number of carboxylic acid groups (broad SMARTS) is 1. The van der Waals surface area contributed by atoms with E-state index in [-0.39, 0.29) is 18.0 Å². The number of anilines is 1. The maximum absolute atomic E-state index is 12.3. The molecule has 0 unspecified atom stereocenters. The fourth-order valence-corrected chi connectivity index (χ4v) is 3.24. The third kappa shape index (κ3) is 4.44. The van der Waals surface area contributed by atoms with Gasteiger partial charge in [-0.15, -0.1) is 0 Å². The first kappa shape index (κ1) is 17.5. The van der Waals surface area contributed by atoms with Crippen LogP contribution in [-0.2, 0) is 14.8 Å². The van der Waals surface area contributed by atoms with Gasteiger partial charge in [-0.05, 0) is 32.9 Å². The molecule has 7 heteroatoms. The van der Waals surface area contributed by atoms with Crippen LogP contribution >= 0.6 is 0 Å². The van der Waals surface area contributed by atoms with Crippen LogP contribution in [0.3, 0.4) is 0 Å². The minimum Gasteiger partial charge on any atom is -0.480 e. The van der Waals surface area contributed by atoms with Gasteiger partial charge in [-0.25, -0.2) is 13.1 Å². The molecular formula is C14H22N2O4S. The highest BCUT2D eigenvalue weighted by molar-refractivity contribution is 7.89. The molecule has 0 saturated heterocycles. The number of aliphatic carboxylic acids is 1. The quantitative estimate of drug-likeness (QED) is 0.834. The molecular weight excluding hydrogens is 292 g/mol.